The number of rotatable bonds is 1. The van der Waals surface area contributed by atoms with Crippen LogP contribution in [-0.2, 0) is 4.79 Å². The summed E-state index contributed by atoms with van der Waals surface area (Å²) in [5.41, 5.74) is 2.04. The summed E-state index contributed by atoms with van der Waals surface area (Å²) in [4.78, 5) is 16.3. The molecular weight excluding hydrogens is 210 g/mol. The molecule has 0 N–H and O–H groups in total. The van der Waals surface area contributed by atoms with E-state index in [0.717, 1.165) is 22.9 Å². The number of aromatic nitrogens is 1. The SMILES string of the molecule is O=C1CCC=CC1c1ccnc2ccccc12. The molecule has 1 aromatic heterocycles. The Morgan fingerprint density at radius 1 is 1.18 bits per heavy atom. The van der Waals surface area contributed by atoms with Crippen molar-refractivity contribution in [2.45, 2.75) is 18.8 Å². The highest BCUT2D eigenvalue weighted by Crippen LogP contribution is 2.29. The molecule has 1 aliphatic carbocycles. The largest absolute Gasteiger partial charge is 0.299 e. The molecule has 1 aliphatic rings. The number of allylic oxidation sites excluding steroid dienone is 2. The number of benzene rings is 1. The Kier molecular flexibility index (Phi) is 2.48. The van der Waals surface area contributed by atoms with Gasteiger partial charge < -0.3 is 0 Å². The third kappa shape index (κ3) is 1.76. The van der Waals surface area contributed by atoms with Gasteiger partial charge in [0.2, 0.25) is 0 Å². The average molecular weight is 223 g/mol. The van der Waals surface area contributed by atoms with E-state index in [1.807, 2.05) is 36.4 Å². The minimum Gasteiger partial charge on any atom is -0.299 e. The van der Waals surface area contributed by atoms with Crippen molar-refractivity contribution in [2.75, 3.05) is 0 Å². The maximum absolute atomic E-state index is 12.0. The maximum atomic E-state index is 12.0. The van der Waals surface area contributed by atoms with Crippen LogP contribution in [-0.4, -0.2) is 10.8 Å². The first-order valence-corrected chi connectivity index (χ1v) is 5.89. The second-order valence-electron chi connectivity index (χ2n) is 4.33. The van der Waals surface area contributed by atoms with Crippen LogP contribution in [0.25, 0.3) is 10.9 Å². The molecule has 1 unspecified atom stereocenters. The highest BCUT2D eigenvalue weighted by Gasteiger charge is 2.21. The van der Waals surface area contributed by atoms with Crippen LogP contribution in [0.5, 0.6) is 0 Å². The Labute approximate surface area is 100.0 Å². The number of ketones is 1. The molecule has 0 aliphatic heterocycles. The van der Waals surface area contributed by atoms with Crippen molar-refractivity contribution in [3.8, 4) is 0 Å². The summed E-state index contributed by atoms with van der Waals surface area (Å²) in [7, 11) is 0. The molecule has 0 saturated carbocycles. The third-order valence-corrected chi connectivity index (χ3v) is 3.25. The lowest BCUT2D eigenvalue weighted by Gasteiger charge is -2.17. The summed E-state index contributed by atoms with van der Waals surface area (Å²) in [6, 6.07) is 9.94. The van der Waals surface area contributed by atoms with E-state index in [9.17, 15) is 4.79 Å². The van der Waals surface area contributed by atoms with Crippen molar-refractivity contribution in [1.82, 2.24) is 4.98 Å². The number of carbonyl (C=O) groups is 1. The van der Waals surface area contributed by atoms with Crippen LogP contribution in [0.2, 0.25) is 0 Å². The Balaban J connectivity index is 2.20. The Morgan fingerprint density at radius 3 is 2.94 bits per heavy atom. The standard InChI is InChI=1S/C15H13NO/c17-15-8-4-2-6-13(15)11-9-10-16-14-7-3-1-5-12(11)14/h1-3,5-7,9-10,13H,4,8H2. The summed E-state index contributed by atoms with van der Waals surface area (Å²) < 4.78 is 0. The molecule has 0 radical (unpaired) electrons. The van der Waals surface area contributed by atoms with Crippen LogP contribution in [0, 0.1) is 0 Å². The molecule has 1 atom stereocenters. The normalized spacial score (nSPS) is 19.8. The average Bonchev–Trinajstić information content (AvgIpc) is 2.39. The van der Waals surface area contributed by atoms with Gasteiger partial charge in [-0.05, 0) is 24.1 Å². The molecule has 2 aromatic rings. The first-order valence-electron chi connectivity index (χ1n) is 5.89. The van der Waals surface area contributed by atoms with Gasteiger partial charge in [-0.15, -0.1) is 0 Å². The van der Waals surface area contributed by atoms with Gasteiger partial charge in [-0.2, -0.15) is 0 Å². The zero-order valence-electron chi connectivity index (χ0n) is 9.47. The van der Waals surface area contributed by atoms with Crippen LogP contribution in [0.1, 0.15) is 24.3 Å². The number of hydrogen-bond acceptors (Lipinski definition) is 2. The lowest BCUT2D eigenvalue weighted by atomic mass is 9.86. The van der Waals surface area contributed by atoms with Gasteiger partial charge in [-0.1, -0.05) is 30.4 Å². The van der Waals surface area contributed by atoms with E-state index in [4.69, 9.17) is 0 Å². The highest BCUT2D eigenvalue weighted by atomic mass is 16.1. The lowest BCUT2D eigenvalue weighted by molar-refractivity contribution is -0.119. The summed E-state index contributed by atoms with van der Waals surface area (Å²) >= 11 is 0. The predicted octanol–water partition coefficient (Wildman–Crippen LogP) is 3.24. The van der Waals surface area contributed by atoms with Gasteiger partial charge in [0, 0.05) is 18.0 Å². The predicted molar refractivity (Wildman–Crippen MR) is 67.9 cm³/mol. The second kappa shape index (κ2) is 4.13. The third-order valence-electron chi connectivity index (χ3n) is 3.25. The number of hydrogen-bond donors (Lipinski definition) is 0. The quantitative estimate of drug-likeness (QED) is 0.695. The second-order valence-corrected chi connectivity index (χ2v) is 4.33. The molecule has 0 amide bonds. The van der Waals surface area contributed by atoms with Gasteiger partial charge in [-0.3, -0.25) is 9.78 Å². The van der Waals surface area contributed by atoms with Gasteiger partial charge in [-0.25, -0.2) is 0 Å². The molecule has 2 heteroatoms. The van der Waals surface area contributed by atoms with E-state index in [1.54, 1.807) is 6.20 Å². The molecular formula is C15H13NO. The fourth-order valence-electron chi connectivity index (χ4n) is 2.39. The Hall–Kier alpha value is -1.96. The fraction of sp³-hybridized carbons (Fsp3) is 0.200. The van der Waals surface area contributed by atoms with Crippen molar-refractivity contribution in [3.63, 3.8) is 0 Å². The van der Waals surface area contributed by atoms with Crippen LogP contribution < -0.4 is 0 Å². The van der Waals surface area contributed by atoms with Crippen LogP contribution in [0.15, 0.2) is 48.7 Å². The van der Waals surface area contributed by atoms with E-state index in [2.05, 4.69) is 11.1 Å². The first-order chi connectivity index (χ1) is 8.36. The van der Waals surface area contributed by atoms with E-state index >= 15 is 0 Å². The molecule has 1 heterocycles. The number of fused-ring (bicyclic) bond motifs is 1. The Bertz CT molecular complexity index is 595. The molecule has 0 spiro atoms. The number of Topliss-reactive ketones (excluding diaryl/α,β-unsaturated/α-hetero) is 1. The summed E-state index contributed by atoms with van der Waals surface area (Å²) in [6.45, 7) is 0. The first kappa shape index (κ1) is 10.2. The van der Waals surface area contributed by atoms with Crippen LogP contribution in [0.3, 0.4) is 0 Å². The van der Waals surface area contributed by atoms with Crippen LogP contribution in [0.4, 0.5) is 0 Å². The lowest BCUT2D eigenvalue weighted by Crippen LogP contribution is -2.13. The minimum absolute atomic E-state index is 0.0864. The summed E-state index contributed by atoms with van der Waals surface area (Å²) in [6.07, 6.45) is 7.43. The van der Waals surface area contributed by atoms with Crippen molar-refractivity contribution in [2.24, 2.45) is 0 Å². The van der Waals surface area contributed by atoms with Gasteiger partial charge in [0.1, 0.15) is 5.78 Å². The molecule has 0 saturated heterocycles. The smallest absolute Gasteiger partial charge is 0.144 e. The molecule has 2 nitrogen and oxygen atoms in total. The van der Waals surface area contributed by atoms with Gasteiger partial charge in [0.25, 0.3) is 0 Å². The van der Waals surface area contributed by atoms with E-state index < -0.39 is 0 Å². The topological polar surface area (TPSA) is 30.0 Å². The van der Waals surface area contributed by atoms with E-state index in [0.29, 0.717) is 12.2 Å². The fourth-order valence-corrected chi connectivity index (χ4v) is 2.39. The summed E-state index contributed by atoms with van der Waals surface area (Å²) in [5.74, 6) is 0.223. The van der Waals surface area contributed by atoms with E-state index in [-0.39, 0.29) is 5.92 Å². The highest BCUT2D eigenvalue weighted by molar-refractivity contribution is 5.94. The number of pyridine rings is 1. The molecule has 0 bridgehead atoms. The number of nitrogens with zero attached hydrogens (tertiary/aromatic N) is 1. The minimum atomic E-state index is -0.0864. The molecule has 84 valence electrons. The van der Waals surface area contributed by atoms with Crippen molar-refractivity contribution in [1.29, 1.82) is 0 Å². The van der Waals surface area contributed by atoms with Gasteiger partial charge in [0.05, 0.1) is 11.4 Å². The zero-order chi connectivity index (χ0) is 11.7. The molecule has 1 aromatic carbocycles. The zero-order valence-corrected chi connectivity index (χ0v) is 9.47. The van der Waals surface area contributed by atoms with Gasteiger partial charge >= 0.3 is 0 Å². The molecule has 0 fully saturated rings. The van der Waals surface area contributed by atoms with E-state index in [1.165, 1.54) is 0 Å². The summed E-state index contributed by atoms with van der Waals surface area (Å²) in [5, 5.41) is 1.08. The van der Waals surface area contributed by atoms with Crippen molar-refractivity contribution >= 4 is 16.7 Å². The maximum Gasteiger partial charge on any atom is 0.144 e. The molecule has 3 rings (SSSR count). The monoisotopic (exact) mass is 223 g/mol. The number of para-hydroxylation sites is 1. The van der Waals surface area contributed by atoms with Gasteiger partial charge in [0.15, 0.2) is 0 Å². The number of carbonyl (C=O) groups excluding carboxylic acids is 1. The van der Waals surface area contributed by atoms with Crippen molar-refractivity contribution in [3.05, 3.63) is 54.2 Å². The Morgan fingerprint density at radius 2 is 2.06 bits per heavy atom. The molecule has 17 heavy (non-hydrogen) atoms. The van der Waals surface area contributed by atoms with Crippen molar-refractivity contribution < 1.29 is 4.79 Å². The van der Waals surface area contributed by atoms with Crippen LogP contribution >= 0.6 is 0 Å².